The third-order valence-corrected chi connectivity index (χ3v) is 6.21. The van der Waals surface area contributed by atoms with Crippen LogP contribution in [-0.4, -0.2) is 31.7 Å². The van der Waals surface area contributed by atoms with Crippen molar-refractivity contribution in [1.29, 1.82) is 0 Å². The number of nitrogens with zero attached hydrogens (tertiary/aromatic N) is 1. The van der Waals surface area contributed by atoms with Gasteiger partial charge in [0.25, 0.3) is 0 Å². The third-order valence-electron chi connectivity index (χ3n) is 3.79. The third kappa shape index (κ3) is 2.10. The summed E-state index contributed by atoms with van der Waals surface area (Å²) in [5, 5.41) is 1.97. The highest BCUT2D eigenvalue weighted by atomic mass is 35.5. The SMILES string of the molecule is C[N+]1=C(Cl)OCC1(C)c1ccccc1[Si](C)(C)C. The van der Waals surface area contributed by atoms with Crippen LogP contribution in [0.15, 0.2) is 24.3 Å². The second kappa shape index (κ2) is 4.39. The molecular formula is C14H21ClNOSi+. The van der Waals surface area contributed by atoms with E-state index in [1.54, 1.807) is 0 Å². The van der Waals surface area contributed by atoms with Crippen molar-refractivity contribution < 1.29 is 9.31 Å². The van der Waals surface area contributed by atoms with Crippen molar-refractivity contribution in [2.75, 3.05) is 13.7 Å². The number of rotatable bonds is 2. The molecule has 0 aliphatic carbocycles. The summed E-state index contributed by atoms with van der Waals surface area (Å²) >= 11 is 6.10. The molecule has 1 aromatic carbocycles. The molecule has 0 radical (unpaired) electrons. The fourth-order valence-electron chi connectivity index (χ4n) is 2.45. The average Bonchev–Trinajstić information content (AvgIpc) is 2.57. The number of hydrogen-bond acceptors (Lipinski definition) is 1. The first-order valence-corrected chi connectivity index (χ1v) is 10.1. The molecule has 4 heteroatoms. The molecule has 1 aliphatic rings. The van der Waals surface area contributed by atoms with Crippen LogP contribution in [-0.2, 0) is 10.3 Å². The van der Waals surface area contributed by atoms with E-state index >= 15 is 0 Å². The van der Waals surface area contributed by atoms with Gasteiger partial charge in [-0.2, -0.15) is 4.58 Å². The molecule has 0 fully saturated rings. The molecule has 0 amide bonds. The minimum absolute atomic E-state index is 0.159. The number of halogens is 1. The maximum Gasteiger partial charge on any atom is 0.440 e. The maximum atomic E-state index is 6.10. The van der Waals surface area contributed by atoms with E-state index in [0.29, 0.717) is 12.0 Å². The van der Waals surface area contributed by atoms with Crippen LogP contribution in [0.4, 0.5) is 0 Å². The smallest absolute Gasteiger partial charge is 0.427 e. The summed E-state index contributed by atoms with van der Waals surface area (Å²) < 4.78 is 7.56. The molecule has 1 aromatic rings. The molecule has 1 unspecified atom stereocenters. The number of ether oxygens (including phenoxy) is 1. The van der Waals surface area contributed by atoms with Crippen LogP contribution >= 0.6 is 11.6 Å². The monoisotopic (exact) mass is 282 g/mol. The molecule has 0 saturated carbocycles. The van der Waals surface area contributed by atoms with Gasteiger partial charge in [-0.3, -0.25) is 0 Å². The first kappa shape index (κ1) is 13.6. The van der Waals surface area contributed by atoms with Gasteiger partial charge in [-0.05, 0) is 5.19 Å². The van der Waals surface area contributed by atoms with Crippen LogP contribution in [0.25, 0.3) is 0 Å². The number of likely N-dealkylation sites (N-methyl/N-ethyl adjacent to an activating group) is 1. The zero-order valence-corrected chi connectivity index (χ0v) is 13.5. The molecule has 18 heavy (non-hydrogen) atoms. The molecular weight excluding hydrogens is 262 g/mol. The summed E-state index contributed by atoms with van der Waals surface area (Å²) in [4.78, 5) is 0. The molecule has 0 aromatic heterocycles. The Morgan fingerprint density at radius 1 is 1.28 bits per heavy atom. The fraction of sp³-hybridized carbons (Fsp3) is 0.500. The van der Waals surface area contributed by atoms with Gasteiger partial charge in [-0.25, -0.2) is 0 Å². The zero-order valence-electron chi connectivity index (χ0n) is 11.7. The van der Waals surface area contributed by atoms with Crippen molar-refractivity contribution in [1.82, 2.24) is 0 Å². The van der Waals surface area contributed by atoms with Crippen molar-refractivity contribution >= 4 is 30.2 Å². The van der Waals surface area contributed by atoms with Crippen LogP contribution in [0.2, 0.25) is 19.6 Å². The highest BCUT2D eigenvalue weighted by molar-refractivity contribution is 6.89. The predicted octanol–water partition coefficient (Wildman–Crippen LogP) is 2.71. The Labute approximate surface area is 115 Å². The van der Waals surface area contributed by atoms with Crippen LogP contribution in [0, 0.1) is 0 Å². The average molecular weight is 283 g/mol. The molecule has 1 atom stereocenters. The Hall–Kier alpha value is -0.803. The second-order valence-corrected chi connectivity index (χ2v) is 11.5. The second-order valence-electron chi connectivity index (χ2n) is 6.17. The van der Waals surface area contributed by atoms with Gasteiger partial charge in [-0.15, -0.1) is 0 Å². The van der Waals surface area contributed by atoms with Crippen molar-refractivity contribution in [3.05, 3.63) is 29.8 Å². The van der Waals surface area contributed by atoms with Gasteiger partial charge < -0.3 is 4.74 Å². The molecule has 1 aliphatic heterocycles. The highest BCUT2D eigenvalue weighted by Crippen LogP contribution is 2.30. The van der Waals surface area contributed by atoms with E-state index in [9.17, 15) is 0 Å². The standard InChI is InChI=1S/C14H21ClNOSi/c1-14(10-17-13(15)16(14)2)11-8-6-7-9-12(11)18(3,4)5/h6-9H,10H2,1-5H3/q+1. The predicted molar refractivity (Wildman–Crippen MR) is 79.8 cm³/mol. The van der Waals surface area contributed by atoms with E-state index < -0.39 is 8.07 Å². The van der Waals surface area contributed by atoms with Crippen molar-refractivity contribution in [3.8, 4) is 0 Å². The number of hydrogen-bond donors (Lipinski definition) is 0. The van der Waals surface area contributed by atoms with Gasteiger partial charge in [-0.1, -0.05) is 43.9 Å². The van der Waals surface area contributed by atoms with Gasteiger partial charge in [0.1, 0.15) is 7.05 Å². The Bertz CT molecular complexity index is 507. The summed E-state index contributed by atoms with van der Waals surface area (Å²) in [6, 6.07) is 8.70. The Morgan fingerprint density at radius 2 is 1.89 bits per heavy atom. The van der Waals surface area contributed by atoms with Gasteiger partial charge in [0.15, 0.2) is 6.61 Å². The van der Waals surface area contributed by atoms with E-state index in [-0.39, 0.29) is 5.54 Å². The molecule has 98 valence electrons. The first-order valence-electron chi connectivity index (χ1n) is 6.26. The lowest BCUT2D eigenvalue weighted by molar-refractivity contribution is -0.574. The normalized spacial score (nSPS) is 24.3. The van der Waals surface area contributed by atoms with Crippen molar-refractivity contribution in [2.24, 2.45) is 0 Å². The molecule has 0 N–H and O–H groups in total. The molecule has 0 spiro atoms. The lowest BCUT2D eigenvalue weighted by Gasteiger charge is -2.27. The summed E-state index contributed by atoms with van der Waals surface area (Å²) in [5.74, 6) is 0. The summed E-state index contributed by atoms with van der Waals surface area (Å²) in [7, 11) is 0.618. The van der Waals surface area contributed by atoms with Crippen molar-refractivity contribution in [2.45, 2.75) is 32.1 Å². The van der Waals surface area contributed by atoms with Crippen molar-refractivity contribution in [3.63, 3.8) is 0 Å². The minimum atomic E-state index is -1.38. The summed E-state index contributed by atoms with van der Waals surface area (Å²) in [6.45, 7) is 9.92. The van der Waals surface area contributed by atoms with Gasteiger partial charge in [0.2, 0.25) is 5.54 Å². The van der Waals surface area contributed by atoms with Gasteiger partial charge in [0.05, 0.1) is 8.07 Å². The molecule has 0 saturated heterocycles. The minimum Gasteiger partial charge on any atom is -0.427 e. The summed E-state index contributed by atoms with van der Waals surface area (Å²) in [6.07, 6.45) is 0. The van der Waals surface area contributed by atoms with Gasteiger partial charge in [0, 0.05) is 24.1 Å². The molecule has 1 heterocycles. The number of benzene rings is 1. The van der Waals surface area contributed by atoms with Crippen LogP contribution < -0.4 is 5.19 Å². The molecule has 2 rings (SSSR count). The topological polar surface area (TPSA) is 12.2 Å². The first-order chi connectivity index (χ1) is 8.27. The van der Waals surface area contributed by atoms with Crippen LogP contribution in [0.3, 0.4) is 0 Å². The fourth-order valence-corrected chi connectivity index (χ4v) is 4.45. The van der Waals surface area contributed by atoms with E-state index in [1.807, 2.05) is 11.6 Å². The van der Waals surface area contributed by atoms with E-state index in [2.05, 4.69) is 50.8 Å². The van der Waals surface area contributed by atoms with Gasteiger partial charge >= 0.3 is 5.36 Å². The summed E-state index contributed by atoms with van der Waals surface area (Å²) in [5.41, 5.74) is 1.19. The Morgan fingerprint density at radius 3 is 2.39 bits per heavy atom. The zero-order chi connectivity index (χ0) is 13.6. The van der Waals surface area contributed by atoms with Crippen LogP contribution in [0.1, 0.15) is 12.5 Å². The largest absolute Gasteiger partial charge is 0.440 e. The lowest BCUT2D eigenvalue weighted by atomic mass is 9.93. The quantitative estimate of drug-likeness (QED) is 0.600. The van der Waals surface area contributed by atoms with E-state index in [1.165, 1.54) is 10.8 Å². The maximum absolute atomic E-state index is 6.10. The highest BCUT2D eigenvalue weighted by Gasteiger charge is 2.47. The van der Waals surface area contributed by atoms with Crippen LogP contribution in [0.5, 0.6) is 0 Å². The Balaban J connectivity index is 2.60. The molecule has 0 bridgehead atoms. The molecule has 2 nitrogen and oxygen atoms in total. The van der Waals surface area contributed by atoms with E-state index in [4.69, 9.17) is 16.3 Å². The van der Waals surface area contributed by atoms with E-state index in [0.717, 1.165) is 0 Å². The Kier molecular flexibility index (Phi) is 3.32. The lowest BCUT2D eigenvalue weighted by Crippen LogP contribution is -2.47.